The summed E-state index contributed by atoms with van der Waals surface area (Å²) in [6.07, 6.45) is 0. The van der Waals surface area contributed by atoms with Crippen LogP contribution in [0.4, 0.5) is 0 Å². The summed E-state index contributed by atoms with van der Waals surface area (Å²) in [6.45, 7) is 0. The lowest BCUT2D eigenvalue weighted by atomic mass is 9.97. The highest BCUT2D eigenvalue weighted by molar-refractivity contribution is 6.09. The number of benzene rings is 11. The Labute approximate surface area is 381 Å². The molecule has 0 aliphatic heterocycles. The molecule has 0 radical (unpaired) electrons. The molecule has 0 atom stereocenters. The molecule has 0 fully saturated rings. The van der Waals surface area contributed by atoms with Crippen molar-refractivity contribution in [1.29, 1.82) is 0 Å². The van der Waals surface area contributed by atoms with E-state index in [2.05, 4.69) is 218 Å². The maximum atomic E-state index is 5.30. The topological polar surface area (TPSA) is 51.6 Å². The van der Waals surface area contributed by atoms with Gasteiger partial charge in [0, 0.05) is 33.0 Å². The van der Waals surface area contributed by atoms with E-state index in [1.165, 1.54) is 54.2 Å². The van der Waals surface area contributed by atoms with Gasteiger partial charge in [-0.1, -0.05) is 200 Å². The number of para-hydroxylation sites is 2. The second-order valence-electron chi connectivity index (χ2n) is 17.0. The summed E-state index contributed by atoms with van der Waals surface area (Å²) in [5, 5.41) is 12.0. The summed E-state index contributed by atoms with van der Waals surface area (Å²) in [6, 6.07) is 81.8. The van der Waals surface area contributed by atoms with Crippen molar-refractivity contribution in [3.63, 3.8) is 0 Å². The van der Waals surface area contributed by atoms with Gasteiger partial charge in [0.2, 0.25) is 0 Å². The van der Waals surface area contributed by atoms with Crippen LogP contribution in [0.5, 0.6) is 0 Å². The largest absolute Gasteiger partial charge is 0.228 e. The van der Waals surface area contributed by atoms with Crippen LogP contribution in [0.2, 0.25) is 0 Å². The van der Waals surface area contributed by atoms with Gasteiger partial charge in [0.15, 0.2) is 11.6 Å². The summed E-state index contributed by atoms with van der Waals surface area (Å²) < 4.78 is 0. The van der Waals surface area contributed by atoms with Crippen LogP contribution in [0.3, 0.4) is 0 Å². The monoisotopic (exact) mass is 838 g/mol. The third-order valence-corrected chi connectivity index (χ3v) is 13.1. The first kappa shape index (κ1) is 37.7. The Hall–Kier alpha value is -8.86. The molecule has 0 saturated heterocycles. The quantitative estimate of drug-likeness (QED) is 0.157. The first-order chi connectivity index (χ1) is 32.7. The predicted octanol–water partition coefficient (Wildman–Crippen LogP) is 16.2. The highest BCUT2D eigenvalue weighted by Gasteiger charge is 2.16. The molecule has 2 aromatic heterocycles. The predicted molar refractivity (Wildman–Crippen MR) is 275 cm³/mol. The lowest BCUT2D eigenvalue weighted by molar-refractivity contribution is 1.22. The van der Waals surface area contributed by atoms with E-state index >= 15 is 0 Å². The van der Waals surface area contributed by atoms with Crippen molar-refractivity contribution in [2.75, 3.05) is 0 Å². The Bertz CT molecular complexity index is 3780. The van der Waals surface area contributed by atoms with Gasteiger partial charge in [-0.2, -0.15) is 0 Å². The highest BCUT2D eigenvalue weighted by atomic mass is 14.9. The first-order valence-corrected chi connectivity index (χ1v) is 22.4. The number of hydrogen-bond acceptors (Lipinski definition) is 4. The highest BCUT2D eigenvalue weighted by Crippen LogP contribution is 2.37. The van der Waals surface area contributed by atoms with Crippen LogP contribution in [-0.4, -0.2) is 19.9 Å². The molecular weight excluding hydrogens is 801 g/mol. The van der Waals surface area contributed by atoms with E-state index < -0.39 is 0 Å². The summed E-state index contributed by atoms with van der Waals surface area (Å²) in [7, 11) is 0. The van der Waals surface area contributed by atoms with Crippen molar-refractivity contribution >= 4 is 64.9 Å². The fourth-order valence-electron chi connectivity index (χ4n) is 9.67. The lowest BCUT2D eigenvalue weighted by Crippen LogP contribution is -1.97. The summed E-state index contributed by atoms with van der Waals surface area (Å²) >= 11 is 0. The average molecular weight is 839 g/mol. The molecule has 0 spiro atoms. The van der Waals surface area contributed by atoms with Gasteiger partial charge < -0.3 is 0 Å². The van der Waals surface area contributed by atoms with Gasteiger partial charge in [0.1, 0.15) is 0 Å². The number of nitrogens with zero attached hydrogens (tertiary/aromatic N) is 4. The zero-order valence-electron chi connectivity index (χ0n) is 35.7. The van der Waals surface area contributed by atoms with Gasteiger partial charge in [0.25, 0.3) is 0 Å². The van der Waals surface area contributed by atoms with Crippen molar-refractivity contribution in [2.45, 2.75) is 0 Å². The second kappa shape index (κ2) is 15.4. The standard InChI is InChI=1S/C62H38N4/c1-3-14-51-41(10-1)24-30-47-36-45(32-34-53(47)51)39-20-26-43(27-21-39)61-63-57-18-7-5-16-55(57)59(65-61)49-12-9-13-50(38-49)60-56-17-6-8-19-58(56)64-62(66-60)44-28-22-40(23-29-44)46-33-35-54-48(37-46)31-25-42-11-2-4-15-52(42)54/h1-38H. The third kappa shape index (κ3) is 6.55. The number of fused-ring (bicyclic) bond motifs is 8. The van der Waals surface area contributed by atoms with Crippen LogP contribution >= 0.6 is 0 Å². The normalized spacial score (nSPS) is 11.6. The minimum atomic E-state index is 0.682. The van der Waals surface area contributed by atoms with Crippen molar-refractivity contribution < 1.29 is 0 Å². The van der Waals surface area contributed by atoms with Crippen LogP contribution in [0.25, 0.3) is 132 Å². The average Bonchev–Trinajstić information content (AvgIpc) is 3.40. The van der Waals surface area contributed by atoms with Gasteiger partial charge in [-0.05, 0) is 95.7 Å². The molecule has 2 heterocycles. The molecule has 0 saturated carbocycles. The van der Waals surface area contributed by atoms with Crippen LogP contribution in [0.15, 0.2) is 231 Å². The Kier molecular flexibility index (Phi) is 8.81. The van der Waals surface area contributed by atoms with Crippen molar-refractivity contribution in [2.24, 2.45) is 0 Å². The first-order valence-electron chi connectivity index (χ1n) is 22.4. The molecule has 4 heteroatoms. The Morgan fingerprint density at radius 1 is 0.197 bits per heavy atom. The zero-order chi connectivity index (χ0) is 43.6. The Morgan fingerprint density at radius 2 is 0.561 bits per heavy atom. The van der Waals surface area contributed by atoms with Gasteiger partial charge in [-0.3, -0.25) is 0 Å². The lowest BCUT2D eigenvalue weighted by Gasteiger charge is -2.13. The summed E-state index contributed by atoms with van der Waals surface area (Å²) in [5.74, 6) is 1.36. The zero-order valence-corrected chi connectivity index (χ0v) is 35.7. The molecule has 306 valence electrons. The molecule has 0 aliphatic carbocycles. The van der Waals surface area contributed by atoms with Gasteiger partial charge in [-0.15, -0.1) is 0 Å². The van der Waals surface area contributed by atoms with Crippen molar-refractivity contribution in [3.8, 4) is 67.5 Å². The number of hydrogen-bond donors (Lipinski definition) is 0. The van der Waals surface area contributed by atoms with E-state index in [9.17, 15) is 0 Å². The van der Waals surface area contributed by atoms with E-state index in [0.717, 1.165) is 66.6 Å². The molecular formula is C62H38N4. The molecule has 66 heavy (non-hydrogen) atoms. The van der Waals surface area contributed by atoms with Gasteiger partial charge in [-0.25, -0.2) is 19.9 Å². The third-order valence-electron chi connectivity index (χ3n) is 13.1. The molecule has 4 nitrogen and oxygen atoms in total. The molecule has 0 aliphatic rings. The molecule has 0 bridgehead atoms. The summed E-state index contributed by atoms with van der Waals surface area (Å²) in [5.41, 5.74) is 12.1. The van der Waals surface area contributed by atoms with E-state index in [1.807, 2.05) is 12.1 Å². The van der Waals surface area contributed by atoms with E-state index in [4.69, 9.17) is 19.9 Å². The summed E-state index contributed by atoms with van der Waals surface area (Å²) in [4.78, 5) is 20.8. The SMILES string of the molecule is c1cc(-c2nc(-c3ccc(-c4ccc5c(ccc6ccccc65)c4)cc3)nc3ccccc23)cc(-c2nc(-c3ccc(-c4ccc5c(ccc6ccccc65)c4)cc3)nc3ccccc23)c1. The van der Waals surface area contributed by atoms with Crippen LogP contribution in [0, 0.1) is 0 Å². The maximum absolute atomic E-state index is 5.30. The fraction of sp³-hybridized carbons (Fsp3) is 0. The van der Waals surface area contributed by atoms with E-state index in [-0.39, 0.29) is 0 Å². The minimum absolute atomic E-state index is 0.682. The smallest absolute Gasteiger partial charge is 0.160 e. The minimum Gasteiger partial charge on any atom is -0.228 e. The molecule has 0 amide bonds. The van der Waals surface area contributed by atoms with Crippen LogP contribution in [0.1, 0.15) is 0 Å². The van der Waals surface area contributed by atoms with E-state index in [0.29, 0.717) is 11.6 Å². The van der Waals surface area contributed by atoms with Crippen molar-refractivity contribution in [1.82, 2.24) is 19.9 Å². The molecule has 0 N–H and O–H groups in total. The molecule has 13 rings (SSSR count). The van der Waals surface area contributed by atoms with Gasteiger partial charge >= 0.3 is 0 Å². The number of aromatic nitrogens is 4. The molecule has 0 unspecified atom stereocenters. The Balaban J connectivity index is 0.844. The Morgan fingerprint density at radius 3 is 1.03 bits per heavy atom. The van der Waals surface area contributed by atoms with E-state index in [1.54, 1.807) is 0 Å². The fourth-order valence-corrected chi connectivity index (χ4v) is 9.67. The molecule has 11 aromatic carbocycles. The number of rotatable bonds is 6. The van der Waals surface area contributed by atoms with Gasteiger partial charge in [0.05, 0.1) is 22.4 Å². The van der Waals surface area contributed by atoms with Crippen LogP contribution < -0.4 is 0 Å². The second-order valence-corrected chi connectivity index (χ2v) is 17.0. The maximum Gasteiger partial charge on any atom is 0.160 e. The van der Waals surface area contributed by atoms with Crippen LogP contribution in [-0.2, 0) is 0 Å². The van der Waals surface area contributed by atoms with Crippen molar-refractivity contribution in [3.05, 3.63) is 231 Å². The molecule has 13 aromatic rings.